The number of nitrogens with one attached hydrogen (secondary N) is 2. The van der Waals surface area contributed by atoms with E-state index in [0.717, 1.165) is 16.8 Å². The molecule has 0 unspecified atom stereocenters. The number of aromatic nitrogens is 2. The molecule has 0 saturated carbocycles. The molecule has 2 aromatic carbocycles. The summed E-state index contributed by atoms with van der Waals surface area (Å²) in [4.78, 5) is 10.3. The summed E-state index contributed by atoms with van der Waals surface area (Å²) >= 11 is 5.86. The lowest BCUT2D eigenvalue weighted by atomic mass is 10.1. The van der Waals surface area contributed by atoms with Gasteiger partial charge in [-0.05, 0) is 34.8 Å². The van der Waals surface area contributed by atoms with Gasteiger partial charge in [0.2, 0.25) is 0 Å². The summed E-state index contributed by atoms with van der Waals surface area (Å²) in [5.74, 6) is 0.310. The van der Waals surface area contributed by atoms with Gasteiger partial charge in [-0.1, -0.05) is 35.9 Å². The van der Waals surface area contributed by atoms with Gasteiger partial charge in [-0.25, -0.2) is 5.43 Å². The Bertz CT molecular complexity index is 930. The third-order valence-corrected chi connectivity index (χ3v) is 4.11. The number of methoxy groups -OCH3 is 1. The van der Waals surface area contributed by atoms with Crippen LogP contribution in [0.4, 0.5) is 11.5 Å². The third kappa shape index (κ3) is 4.75. The molecule has 0 aliphatic heterocycles. The number of nitro groups is 1. The molecular formula is C18H18ClN5O3. The Balaban J connectivity index is 1.71. The Hall–Kier alpha value is -3.10. The van der Waals surface area contributed by atoms with E-state index >= 15 is 0 Å². The molecule has 0 aliphatic rings. The van der Waals surface area contributed by atoms with Crippen molar-refractivity contribution >= 4 is 23.1 Å². The van der Waals surface area contributed by atoms with Gasteiger partial charge in [0.15, 0.2) is 5.02 Å². The molecule has 1 aromatic heterocycles. The maximum Gasteiger partial charge on any atom is 0.408 e. The van der Waals surface area contributed by atoms with Crippen LogP contribution in [-0.2, 0) is 13.1 Å². The Kier molecular flexibility index (Phi) is 5.90. The standard InChI is InChI=1S/C18H18ClN5O3/c1-27-17-8-7-13(10-20-21-15-5-3-2-4-6-15)9-14(17)11-23-12-16(19)18(22-23)24(25)26/h2-9,12,20-21H,10-11H2,1H3. The fourth-order valence-corrected chi connectivity index (χ4v) is 2.82. The van der Waals surface area contributed by atoms with Gasteiger partial charge < -0.3 is 20.3 Å². The molecule has 27 heavy (non-hydrogen) atoms. The molecule has 0 amide bonds. The van der Waals surface area contributed by atoms with Gasteiger partial charge in [0.25, 0.3) is 0 Å². The number of ether oxygens (including phenoxy) is 1. The number of rotatable bonds is 8. The smallest absolute Gasteiger partial charge is 0.408 e. The minimum atomic E-state index is -0.605. The van der Waals surface area contributed by atoms with E-state index in [2.05, 4.69) is 16.0 Å². The molecule has 8 nitrogen and oxygen atoms in total. The van der Waals surface area contributed by atoms with Crippen LogP contribution in [0.1, 0.15) is 11.1 Å². The van der Waals surface area contributed by atoms with Gasteiger partial charge in [0.1, 0.15) is 5.75 Å². The van der Waals surface area contributed by atoms with E-state index in [9.17, 15) is 10.1 Å². The molecule has 3 aromatic rings. The highest BCUT2D eigenvalue weighted by molar-refractivity contribution is 6.32. The van der Waals surface area contributed by atoms with Crippen molar-refractivity contribution in [3.8, 4) is 5.75 Å². The van der Waals surface area contributed by atoms with Gasteiger partial charge in [0.05, 0.1) is 25.0 Å². The highest BCUT2D eigenvalue weighted by Gasteiger charge is 2.19. The van der Waals surface area contributed by atoms with Crippen LogP contribution < -0.4 is 15.6 Å². The largest absolute Gasteiger partial charge is 0.496 e. The number of benzene rings is 2. The molecule has 9 heteroatoms. The summed E-state index contributed by atoms with van der Waals surface area (Å²) in [5.41, 5.74) is 9.09. The average molecular weight is 388 g/mol. The number of anilines is 1. The van der Waals surface area contributed by atoms with E-state index in [0.29, 0.717) is 18.8 Å². The van der Waals surface area contributed by atoms with Crippen LogP contribution in [0.2, 0.25) is 5.02 Å². The van der Waals surface area contributed by atoms with E-state index < -0.39 is 4.92 Å². The zero-order chi connectivity index (χ0) is 19.2. The highest BCUT2D eigenvalue weighted by Crippen LogP contribution is 2.25. The molecule has 0 fully saturated rings. The molecule has 1 heterocycles. The van der Waals surface area contributed by atoms with E-state index in [1.54, 1.807) is 7.11 Å². The minimum Gasteiger partial charge on any atom is -0.496 e. The van der Waals surface area contributed by atoms with E-state index in [1.807, 2.05) is 48.5 Å². The number of para-hydroxylation sites is 1. The van der Waals surface area contributed by atoms with Crippen LogP contribution in [-0.4, -0.2) is 21.8 Å². The van der Waals surface area contributed by atoms with Gasteiger partial charge >= 0.3 is 5.82 Å². The molecule has 0 saturated heterocycles. The molecule has 0 aliphatic carbocycles. The van der Waals surface area contributed by atoms with Crippen molar-refractivity contribution in [1.82, 2.24) is 15.2 Å². The van der Waals surface area contributed by atoms with Crippen LogP contribution >= 0.6 is 11.6 Å². The second-order valence-electron chi connectivity index (χ2n) is 5.75. The fourth-order valence-electron chi connectivity index (χ4n) is 2.60. The lowest BCUT2D eigenvalue weighted by Gasteiger charge is -2.12. The van der Waals surface area contributed by atoms with E-state index in [-0.39, 0.29) is 10.8 Å². The molecule has 0 radical (unpaired) electrons. The van der Waals surface area contributed by atoms with Crippen LogP contribution in [0, 0.1) is 10.1 Å². The van der Waals surface area contributed by atoms with Crippen molar-refractivity contribution in [3.63, 3.8) is 0 Å². The Labute approximate surface area is 160 Å². The minimum absolute atomic E-state index is 0.00356. The molecule has 2 N–H and O–H groups in total. The first-order valence-corrected chi connectivity index (χ1v) is 8.51. The fraction of sp³-hybridized carbons (Fsp3) is 0.167. The van der Waals surface area contributed by atoms with Crippen LogP contribution in [0.15, 0.2) is 54.7 Å². The summed E-state index contributed by atoms with van der Waals surface area (Å²) in [6, 6.07) is 15.5. The molecule has 0 spiro atoms. The highest BCUT2D eigenvalue weighted by atomic mass is 35.5. The average Bonchev–Trinajstić information content (AvgIpc) is 3.03. The lowest BCUT2D eigenvalue weighted by molar-refractivity contribution is -0.389. The zero-order valence-corrected chi connectivity index (χ0v) is 15.3. The van der Waals surface area contributed by atoms with Crippen LogP contribution in [0.25, 0.3) is 0 Å². The molecule has 3 rings (SSSR count). The van der Waals surface area contributed by atoms with Crippen molar-refractivity contribution in [3.05, 3.63) is 81.0 Å². The Morgan fingerprint density at radius 2 is 2.04 bits per heavy atom. The second kappa shape index (κ2) is 8.52. The van der Waals surface area contributed by atoms with Crippen molar-refractivity contribution in [2.24, 2.45) is 0 Å². The van der Waals surface area contributed by atoms with Crippen molar-refractivity contribution in [1.29, 1.82) is 0 Å². The quantitative estimate of drug-likeness (QED) is 0.453. The zero-order valence-electron chi connectivity index (χ0n) is 14.6. The van der Waals surface area contributed by atoms with Gasteiger partial charge in [-0.15, -0.1) is 0 Å². The van der Waals surface area contributed by atoms with Crippen molar-refractivity contribution < 1.29 is 9.66 Å². The predicted octanol–water partition coefficient (Wildman–Crippen LogP) is 3.62. The van der Waals surface area contributed by atoms with Crippen molar-refractivity contribution in [2.75, 3.05) is 12.5 Å². The monoisotopic (exact) mass is 387 g/mol. The number of hydrogen-bond donors (Lipinski definition) is 2. The molecule has 0 bridgehead atoms. The summed E-state index contributed by atoms with van der Waals surface area (Å²) in [6.07, 6.45) is 1.43. The number of hydrazine groups is 1. The maximum absolute atomic E-state index is 10.9. The topological polar surface area (TPSA) is 94.2 Å². The molecule has 0 atom stereocenters. The molecule has 140 valence electrons. The molecular weight excluding hydrogens is 370 g/mol. The number of halogens is 1. The van der Waals surface area contributed by atoms with Gasteiger partial charge in [-0.3, -0.25) is 0 Å². The summed E-state index contributed by atoms with van der Waals surface area (Å²) in [7, 11) is 1.58. The van der Waals surface area contributed by atoms with Gasteiger partial charge in [-0.2, -0.15) is 4.68 Å². The second-order valence-corrected chi connectivity index (χ2v) is 6.15. The Morgan fingerprint density at radius 3 is 2.70 bits per heavy atom. The first-order chi connectivity index (χ1) is 13.1. The predicted molar refractivity (Wildman–Crippen MR) is 103 cm³/mol. The summed E-state index contributed by atoms with van der Waals surface area (Å²) in [5, 5.41) is 14.8. The summed E-state index contributed by atoms with van der Waals surface area (Å²) < 4.78 is 6.82. The summed E-state index contributed by atoms with van der Waals surface area (Å²) in [6.45, 7) is 0.878. The first-order valence-electron chi connectivity index (χ1n) is 8.14. The number of hydrogen-bond acceptors (Lipinski definition) is 6. The SMILES string of the molecule is COc1ccc(CNNc2ccccc2)cc1Cn1cc(Cl)c([N+](=O)[O-])n1. The first kappa shape index (κ1) is 18.7. The van der Waals surface area contributed by atoms with Crippen LogP contribution in [0.3, 0.4) is 0 Å². The Morgan fingerprint density at radius 1 is 1.26 bits per heavy atom. The van der Waals surface area contributed by atoms with Crippen molar-refractivity contribution in [2.45, 2.75) is 13.1 Å². The third-order valence-electron chi connectivity index (χ3n) is 3.85. The number of nitrogens with zero attached hydrogens (tertiary/aromatic N) is 3. The van der Waals surface area contributed by atoms with Gasteiger partial charge in [0, 0.05) is 17.8 Å². The van der Waals surface area contributed by atoms with Crippen LogP contribution in [0.5, 0.6) is 5.75 Å². The normalized spacial score (nSPS) is 10.6. The van der Waals surface area contributed by atoms with E-state index in [4.69, 9.17) is 16.3 Å². The lowest BCUT2D eigenvalue weighted by Crippen LogP contribution is -2.20. The maximum atomic E-state index is 10.9. The van der Waals surface area contributed by atoms with E-state index in [1.165, 1.54) is 10.9 Å².